The Labute approximate surface area is 163 Å². The van der Waals surface area contributed by atoms with Gasteiger partial charge in [0.2, 0.25) is 11.7 Å². The van der Waals surface area contributed by atoms with E-state index < -0.39 is 0 Å². The summed E-state index contributed by atoms with van der Waals surface area (Å²) in [6.45, 7) is 1.87. The first-order chi connectivity index (χ1) is 13.7. The Morgan fingerprint density at radius 1 is 1.14 bits per heavy atom. The topological polar surface area (TPSA) is 85.8 Å². The summed E-state index contributed by atoms with van der Waals surface area (Å²) in [5, 5.41) is 11.7. The molecule has 0 aliphatic heterocycles. The molecule has 5 rings (SSSR count). The molecular formula is C21H23N5O2. The van der Waals surface area contributed by atoms with Gasteiger partial charge in [-0.15, -0.1) is 0 Å². The van der Waals surface area contributed by atoms with Gasteiger partial charge >= 0.3 is 0 Å². The van der Waals surface area contributed by atoms with Crippen LogP contribution in [0.15, 0.2) is 35.0 Å². The number of carbonyl (C=O) groups excluding carboxylic acids is 1. The van der Waals surface area contributed by atoms with Crippen molar-refractivity contribution in [1.82, 2.24) is 25.2 Å². The fraction of sp³-hybridized carbons (Fsp3) is 0.429. The smallest absolute Gasteiger partial charge is 0.254 e. The van der Waals surface area contributed by atoms with Gasteiger partial charge in [-0.2, -0.15) is 10.1 Å². The molecule has 0 unspecified atom stereocenters. The maximum Gasteiger partial charge on any atom is 0.254 e. The van der Waals surface area contributed by atoms with Gasteiger partial charge in [-0.3, -0.25) is 4.79 Å². The van der Waals surface area contributed by atoms with Crippen LogP contribution in [0, 0.1) is 6.92 Å². The quantitative estimate of drug-likeness (QED) is 0.731. The molecule has 0 radical (unpaired) electrons. The minimum absolute atomic E-state index is 0.0355. The lowest BCUT2D eigenvalue weighted by atomic mass is 10.2. The number of nitrogens with zero attached hydrogens (tertiary/aromatic N) is 4. The van der Waals surface area contributed by atoms with Crippen molar-refractivity contribution in [3.63, 3.8) is 0 Å². The van der Waals surface area contributed by atoms with Crippen molar-refractivity contribution in [3.8, 4) is 17.1 Å². The lowest BCUT2D eigenvalue weighted by Gasteiger charge is -2.10. The Morgan fingerprint density at radius 3 is 2.61 bits per heavy atom. The highest BCUT2D eigenvalue weighted by Crippen LogP contribution is 2.39. The molecule has 0 bridgehead atoms. The van der Waals surface area contributed by atoms with E-state index in [0.29, 0.717) is 23.3 Å². The van der Waals surface area contributed by atoms with E-state index >= 15 is 0 Å². The third-order valence-corrected chi connectivity index (χ3v) is 5.59. The second-order valence-electron chi connectivity index (χ2n) is 7.80. The molecule has 2 fully saturated rings. The van der Waals surface area contributed by atoms with Crippen LogP contribution in [0.2, 0.25) is 0 Å². The molecule has 2 aromatic heterocycles. The molecule has 0 atom stereocenters. The number of carbonyl (C=O) groups is 1. The minimum Gasteiger partial charge on any atom is -0.349 e. The number of hydrogen-bond donors (Lipinski definition) is 1. The molecule has 1 amide bonds. The van der Waals surface area contributed by atoms with Crippen molar-refractivity contribution < 1.29 is 9.32 Å². The van der Waals surface area contributed by atoms with E-state index in [4.69, 9.17) is 4.52 Å². The predicted octanol–water partition coefficient (Wildman–Crippen LogP) is 3.78. The molecule has 2 saturated carbocycles. The van der Waals surface area contributed by atoms with Gasteiger partial charge in [0.15, 0.2) is 0 Å². The number of benzene rings is 1. The zero-order chi connectivity index (χ0) is 19.1. The fourth-order valence-corrected chi connectivity index (χ4v) is 3.76. The van der Waals surface area contributed by atoms with E-state index in [1.165, 1.54) is 12.8 Å². The van der Waals surface area contributed by atoms with Crippen molar-refractivity contribution in [3.05, 3.63) is 47.6 Å². The molecule has 2 aliphatic carbocycles. The number of aryl methyl sites for hydroxylation is 1. The highest BCUT2D eigenvalue weighted by atomic mass is 16.5. The number of nitrogens with one attached hydrogen (secondary N) is 1. The summed E-state index contributed by atoms with van der Waals surface area (Å²) < 4.78 is 7.08. The number of amides is 1. The number of aromatic nitrogens is 4. The molecule has 7 nitrogen and oxygen atoms in total. The first kappa shape index (κ1) is 17.2. The molecular weight excluding hydrogens is 354 g/mol. The van der Waals surface area contributed by atoms with E-state index in [2.05, 4.69) is 20.6 Å². The summed E-state index contributed by atoms with van der Waals surface area (Å²) in [6.07, 6.45) is 8.59. The van der Waals surface area contributed by atoms with Gasteiger partial charge in [-0.1, -0.05) is 18.0 Å². The van der Waals surface area contributed by atoms with Crippen LogP contribution in [0.25, 0.3) is 17.1 Å². The first-order valence-corrected chi connectivity index (χ1v) is 9.99. The summed E-state index contributed by atoms with van der Waals surface area (Å²) in [7, 11) is 0. The molecule has 3 aromatic rings. The van der Waals surface area contributed by atoms with Crippen LogP contribution in [0.4, 0.5) is 0 Å². The van der Waals surface area contributed by atoms with Gasteiger partial charge in [0, 0.05) is 23.7 Å². The van der Waals surface area contributed by atoms with E-state index in [0.717, 1.165) is 48.5 Å². The highest BCUT2D eigenvalue weighted by molar-refractivity contribution is 5.95. The van der Waals surface area contributed by atoms with Gasteiger partial charge in [0.1, 0.15) is 0 Å². The van der Waals surface area contributed by atoms with Crippen LogP contribution in [-0.4, -0.2) is 31.9 Å². The average Bonchev–Trinajstić information content (AvgIpc) is 3.10. The maximum absolute atomic E-state index is 12.6. The van der Waals surface area contributed by atoms with Crippen LogP contribution in [-0.2, 0) is 0 Å². The van der Waals surface area contributed by atoms with Gasteiger partial charge in [0.25, 0.3) is 5.91 Å². The van der Waals surface area contributed by atoms with Crippen LogP contribution in [0.5, 0.6) is 0 Å². The van der Waals surface area contributed by atoms with Crippen molar-refractivity contribution in [2.24, 2.45) is 0 Å². The summed E-state index contributed by atoms with van der Waals surface area (Å²) >= 11 is 0. The molecule has 1 aromatic carbocycles. The predicted molar refractivity (Wildman–Crippen MR) is 103 cm³/mol. The van der Waals surface area contributed by atoms with E-state index in [1.54, 1.807) is 10.9 Å². The Hall–Kier alpha value is -2.96. The molecule has 1 N–H and O–H groups in total. The zero-order valence-electron chi connectivity index (χ0n) is 15.9. The van der Waals surface area contributed by atoms with Gasteiger partial charge in [-0.05, 0) is 56.9 Å². The molecule has 2 heterocycles. The summed E-state index contributed by atoms with van der Waals surface area (Å²) in [6, 6.07) is 8.10. The molecule has 0 spiro atoms. The molecule has 7 heteroatoms. The summed E-state index contributed by atoms with van der Waals surface area (Å²) in [5.74, 6) is 1.76. The van der Waals surface area contributed by atoms with E-state index in [9.17, 15) is 4.79 Å². The zero-order valence-corrected chi connectivity index (χ0v) is 15.9. The second-order valence-corrected chi connectivity index (χ2v) is 7.80. The van der Waals surface area contributed by atoms with Crippen LogP contribution in [0.3, 0.4) is 0 Å². The number of hydrogen-bond acceptors (Lipinski definition) is 5. The normalized spacial score (nSPS) is 17.2. The number of rotatable bonds is 5. The van der Waals surface area contributed by atoms with E-state index in [-0.39, 0.29) is 5.91 Å². The van der Waals surface area contributed by atoms with E-state index in [1.807, 2.05) is 31.2 Å². The fourth-order valence-electron chi connectivity index (χ4n) is 3.76. The molecule has 28 heavy (non-hydrogen) atoms. The Balaban J connectivity index is 1.33. The van der Waals surface area contributed by atoms with Crippen molar-refractivity contribution in [2.75, 3.05) is 0 Å². The third-order valence-electron chi connectivity index (χ3n) is 5.59. The van der Waals surface area contributed by atoms with Gasteiger partial charge < -0.3 is 9.84 Å². The monoisotopic (exact) mass is 377 g/mol. The first-order valence-electron chi connectivity index (χ1n) is 9.99. The van der Waals surface area contributed by atoms with Gasteiger partial charge in [0.05, 0.1) is 16.9 Å². The van der Waals surface area contributed by atoms with Crippen LogP contribution >= 0.6 is 0 Å². The standard InChI is InChI=1S/C21H23N5O2/c1-13-18(20(27)22-16-4-2-3-5-16)12-26(24-13)17-10-8-14(9-11-17)19-23-21(28-25-19)15-6-7-15/h8-12,15-16H,2-7H2,1H3,(H,22,27). The molecule has 144 valence electrons. The van der Waals surface area contributed by atoms with Gasteiger partial charge in [-0.25, -0.2) is 4.68 Å². The maximum atomic E-state index is 12.6. The Morgan fingerprint density at radius 2 is 1.89 bits per heavy atom. The Bertz CT molecular complexity index is 994. The SMILES string of the molecule is Cc1nn(-c2ccc(-c3noc(C4CC4)n3)cc2)cc1C(=O)NC1CCCC1. The summed E-state index contributed by atoms with van der Waals surface area (Å²) in [4.78, 5) is 17.1. The van der Waals surface area contributed by atoms with Crippen molar-refractivity contribution in [2.45, 2.75) is 57.4 Å². The van der Waals surface area contributed by atoms with Crippen LogP contribution in [0.1, 0.15) is 66.4 Å². The largest absolute Gasteiger partial charge is 0.349 e. The van der Waals surface area contributed by atoms with Crippen molar-refractivity contribution >= 4 is 5.91 Å². The second kappa shape index (κ2) is 6.89. The highest BCUT2D eigenvalue weighted by Gasteiger charge is 2.29. The average molecular weight is 377 g/mol. The minimum atomic E-state index is -0.0355. The molecule has 2 aliphatic rings. The Kier molecular flexibility index (Phi) is 4.22. The lowest BCUT2D eigenvalue weighted by Crippen LogP contribution is -2.32. The third kappa shape index (κ3) is 3.32. The lowest BCUT2D eigenvalue weighted by molar-refractivity contribution is 0.0937. The summed E-state index contributed by atoms with van der Waals surface area (Å²) in [5.41, 5.74) is 3.15. The molecule has 0 saturated heterocycles. The van der Waals surface area contributed by atoms with Crippen molar-refractivity contribution in [1.29, 1.82) is 0 Å². The van der Waals surface area contributed by atoms with Crippen LogP contribution < -0.4 is 5.32 Å².